The fourth-order valence-corrected chi connectivity index (χ4v) is 1.66. The number of ether oxygens (including phenoxy) is 1. The molecule has 2 rings (SSSR count). The van der Waals surface area contributed by atoms with E-state index in [1.807, 2.05) is 4.98 Å². The number of aliphatic hydroxyl groups is 3. The first-order valence-corrected chi connectivity index (χ1v) is 4.98. The Morgan fingerprint density at radius 1 is 1.29 bits per heavy atom. The zero-order chi connectivity index (χ0) is 12.6. The number of aliphatic hydroxyl groups excluding tert-OH is 3. The molecule has 17 heavy (non-hydrogen) atoms. The van der Waals surface area contributed by atoms with Gasteiger partial charge in [-0.3, -0.25) is 14.3 Å². The van der Waals surface area contributed by atoms with E-state index < -0.39 is 35.8 Å². The predicted octanol–water partition coefficient (Wildman–Crippen LogP) is -2.85. The van der Waals surface area contributed by atoms with Gasteiger partial charge in [0.1, 0.15) is 18.3 Å². The summed E-state index contributed by atoms with van der Waals surface area (Å²) in [6, 6.07) is 1.09. The molecule has 4 atom stereocenters. The summed E-state index contributed by atoms with van der Waals surface area (Å²) in [5, 5.41) is 28.4. The van der Waals surface area contributed by atoms with Gasteiger partial charge in [-0.05, 0) is 0 Å². The van der Waals surface area contributed by atoms with Crippen LogP contribution in [-0.4, -0.2) is 49.8 Å². The monoisotopic (exact) mass is 244 g/mol. The van der Waals surface area contributed by atoms with Gasteiger partial charge in [0.05, 0.1) is 6.61 Å². The molecule has 2 heterocycles. The highest BCUT2D eigenvalue weighted by atomic mass is 16.5. The van der Waals surface area contributed by atoms with Crippen LogP contribution in [-0.2, 0) is 4.74 Å². The average Bonchev–Trinajstić information content (AvgIpc) is 2.28. The maximum absolute atomic E-state index is 11.4. The Kier molecular flexibility index (Phi) is 3.11. The standard InChI is InChI=1S/C9H12N2O6/c12-4-3-17-8(7(15)6(4)14)11-2-1-5(13)10-9(11)16/h1-2,4,6-8,12,14-15H,3H2,(H,10,13,16)/t4-,6-,7+,8-/m0/s1. The normalized spacial score (nSPS) is 33.6. The number of hydrogen-bond donors (Lipinski definition) is 4. The Labute approximate surface area is 94.7 Å². The molecule has 1 aromatic rings. The second-order valence-corrected chi connectivity index (χ2v) is 3.79. The van der Waals surface area contributed by atoms with Crippen molar-refractivity contribution in [1.29, 1.82) is 0 Å². The highest BCUT2D eigenvalue weighted by Gasteiger charge is 2.38. The summed E-state index contributed by atoms with van der Waals surface area (Å²) >= 11 is 0. The topological polar surface area (TPSA) is 125 Å². The summed E-state index contributed by atoms with van der Waals surface area (Å²) in [4.78, 5) is 24.3. The highest BCUT2D eigenvalue weighted by Crippen LogP contribution is 2.22. The van der Waals surface area contributed by atoms with Gasteiger partial charge in [-0.25, -0.2) is 4.79 Å². The van der Waals surface area contributed by atoms with Crippen LogP contribution < -0.4 is 11.2 Å². The fraction of sp³-hybridized carbons (Fsp3) is 0.556. The first-order valence-electron chi connectivity index (χ1n) is 4.98. The van der Waals surface area contributed by atoms with Crippen LogP contribution in [0.4, 0.5) is 0 Å². The van der Waals surface area contributed by atoms with Crippen LogP contribution in [0.5, 0.6) is 0 Å². The van der Waals surface area contributed by atoms with Crippen molar-refractivity contribution in [2.75, 3.05) is 6.61 Å². The Morgan fingerprint density at radius 3 is 2.65 bits per heavy atom. The van der Waals surface area contributed by atoms with Crippen molar-refractivity contribution >= 4 is 0 Å². The summed E-state index contributed by atoms with van der Waals surface area (Å²) < 4.78 is 6.01. The summed E-state index contributed by atoms with van der Waals surface area (Å²) in [7, 11) is 0. The van der Waals surface area contributed by atoms with Crippen molar-refractivity contribution < 1.29 is 20.1 Å². The molecule has 0 amide bonds. The molecule has 94 valence electrons. The third kappa shape index (κ3) is 2.15. The van der Waals surface area contributed by atoms with E-state index in [0.717, 1.165) is 16.8 Å². The Balaban J connectivity index is 2.34. The average molecular weight is 244 g/mol. The molecule has 1 saturated heterocycles. The van der Waals surface area contributed by atoms with Gasteiger partial charge in [-0.15, -0.1) is 0 Å². The summed E-state index contributed by atoms with van der Waals surface area (Å²) in [6.45, 7) is -0.214. The van der Waals surface area contributed by atoms with Crippen molar-refractivity contribution in [3.05, 3.63) is 33.1 Å². The first-order chi connectivity index (χ1) is 8.00. The van der Waals surface area contributed by atoms with Crippen LogP contribution in [0.15, 0.2) is 21.9 Å². The van der Waals surface area contributed by atoms with Crippen LogP contribution in [0, 0.1) is 0 Å². The number of rotatable bonds is 1. The first kappa shape index (κ1) is 12.0. The molecule has 1 aliphatic heterocycles. The number of hydrogen-bond acceptors (Lipinski definition) is 6. The Bertz CT molecular complexity index is 509. The zero-order valence-corrected chi connectivity index (χ0v) is 8.68. The minimum absolute atomic E-state index is 0.214. The van der Waals surface area contributed by atoms with Crippen LogP contribution in [0.3, 0.4) is 0 Å². The lowest BCUT2D eigenvalue weighted by molar-refractivity contribution is -0.212. The van der Waals surface area contributed by atoms with Crippen molar-refractivity contribution in [2.45, 2.75) is 24.5 Å². The van der Waals surface area contributed by atoms with E-state index in [2.05, 4.69) is 0 Å². The molecule has 0 unspecified atom stereocenters. The van der Waals surface area contributed by atoms with Crippen LogP contribution in [0.1, 0.15) is 6.23 Å². The minimum atomic E-state index is -1.46. The molecule has 4 N–H and O–H groups in total. The van der Waals surface area contributed by atoms with Crippen molar-refractivity contribution in [3.63, 3.8) is 0 Å². The van der Waals surface area contributed by atoms with E-state index >= 15 is 0 Å². The molecule has 8 heteroatoms. The molecule has 8 nitrogen and oxygen atoms in total. The van der Waals surface area contributed by atoms with Crippen molar-refractivity contribution in [3.8, 4) is 0 Å². The second-order valence-electron chi connectivity index (χ2n) is 3.79. The lowest BCUT2D eigenvalue weighted by Gasteiger charge is -2.35. The van der Waals surface area contributed by atoms with Crippen LogP contribution in [0.25, 0.3) is 0 Å². The molecule has 1 aliphatic rings. The van der Waals surface area contributed by atoms with Gasteiger partial charge in [-0.2, -0.15) is 0 Å². The van der Waals surface area contributed by atoms with Gasteiger partial charge >= 0.3 is 5.69 Å². The summed E-state index contributed by atoms with van der Waals surface area (Å²) in [5.41, 5.74) is -1.33. The molecule has 0 radical (unpaired) electrons. The minimum Gasteiger partial charge on any atom is -0.388 e. The molecule has 0 aromatic carbocycles. The number of aromatic amines is 1. The number of nitrogens with one attached hydrogen (secondary N) is 1. The lowest BCUT2D eigenvalue weighted by atomic mass is 10.0. The summed E-state index contributed by atoms with van der Waals surface area (Å²) in [6.07, 6.45) is -4.06. The quantitative estimate of drug-likeness (QED) is 0.421. The Hall–Kier alpha value is -1.48. The third-order valence-electron chi connectivity index (χ3n) is 2.60. The van der Waals surface area contributed by atoms with E-state index in [-0.39, 0.29) is 6.61 Å². The molecule has 0 aliphatic carbocycles. The lowest BCUT2D eigenvalue weighted by Crippen LogP contribution is -2.52. The fourth-order valence-electron chi connectivity index (χ4n) is 1.66. The molecule has 0 saturated carbocycles. The molecule has 1 aromatic heterocycles. The smallest absolute Gasteiger partial charge is 0.330 e. The number of aromatic nitrogens is 2. The van der Waals surface area contributed by atoms with E-state index in [1.54, 1.807) is 0 Å². The van der Waals surface area contributed by atoms with E-state index in [9.17, 15) is 24.9 Å². The van der Waals surface area contributed by atoms with Gasteiger partial charge in [0, 0.05) is 12.3 Å². The van der Waals surface area contributed by atoms with Gasteiger partial charge in [0.25, 0.3) is 5.56 Å². The van der Waals surface area contributed by atoms with Gasteiger partial charge in [0.15, 0.2) is 6.23 Å². The number of nitrogens with zero attached hydrogens (tertiary/aromatic N) is 1. The summed E-state index contributed by atoms with van der Waals surface area (Å²) in [5.74, 6) is 0. The van der Waals surface area contributed by atoms with Crippen molar-refractivity contribution in [1.82, 2.24) is 9.55 Å². The van der Waals surface area contributed by atoms with Gasteiger partial charge < -0.3 is 20.1 Å². The molecule has 1 fully saturated rings. The molecular weight excluding hydrogens is 232 g/mol. The SMILES string of the molecule is O=c1ccn([C@H]2OC[C@H](O)[C@H](O)[C@H]2O)c(=O)[nH]1. The van der Waals surface area contributed by atoms with E-state index in [1.165, 1.54) is 0 Å². The molecular formula is C9H12N2O6. The van der Waals surface area contributed by atoms with E-state index in [0.29, 0.717) is 0 Å². The Morgan fingerprint density at radius 2 is 2.00 bits per heavy atom. The zero-order valence-electron chi connectivity index (χ0n) is 8.68. The molecule has 0 spiro atoms. The maximum atomic E-state index is 11.4. The number of H-pyrrole nitrogens is 1. The van der Waals surface area contributed by atoms with Crippen LogP contribution in [0.2, 0.25) is 0 Å². The van der Waals surface area contributed by atoms with Crippen LogP contribution >= 0.6 is 0 Å². The largest absolute Gasteiger partial charge is 0.388 e. The van der Waals surface area contributed by atoms with Crippen molar-refractivity contribution in [2.24, 2.45) is 0 Å². The molecule has 0 bridgehead atoms. The third-order valence-corrected chi connectivity index (χ3v) is 2.60. The van der Waals surface area contributed by atoms with E-state index in [4.69, 9.17) is 4.74 Å². The van der Waals surface area contributed by atoms with Gasteiger partial charge in [0.2, 0.25) is 0 Å². The van der Waals surface area contributed by atoms with Gasteiger partial charge in [-0.1, -0.05) is 0 Å². The maximum Gasteiger partial charge on any atom is 0.330 e. The highest BCUT2D eigenvalue weighted by molar-refractivity contribution is 4.90. The predicted molar refractivity (Wildman–Crippen MR) is 54.3 cm³/mol. The second kappa shape index (κ2) is 4.41.